The van der Waals surface area contributed by atoms with Gasteiger partial charge in [0, 0.05) is 30.7 Å². The Kier molecular flexibility index (Phi) is 6.39. The summed E-state index contributed by atoms with van der Waals surface area (Å²) in [6.45, 7) is 2.90. The average Bonchev–Trinajstić information content (AvgIpc) is 3.29. The van der Waals surface area contributed by atoms with Gasteiger partial charge in [0.2, 0.25) is 0 Å². The van der Waals surface area contributed by atoms with E-state index < -0.39 is 22.7 Å². The predicted octanol–water partition coefficient (Wildman–Crippen LogP) is 3.29. The largest absolute Gasteiger partial charge is 0.507 e. The Labute approximate surface area is 197 Å². The van der Waals surface area contributed by atoms with Crippen molar-refractivity contribution in [2.45, 2.75) is 31.9 Å². The van der Waals surface area contributed by atoms with Crippen molar-refractivity contribution in [1.29, 1.82) is 0 Å². The molecule has 2 heterocycles. The van der Waals surface area contributed by atoms with Gasteiger partial charge in [-0.3, -0.25) is 19.7 Å². The lowest BCUT2D eigenvalue weighted by atomic mass is 9.94. The summed E-state index contributed by atoms with van der Waals surface area (Å²) >= 11 is 0. The first-order valence-electron chi connectivity index (χ1n) is 11.1. The minimum absolute atomic E-state index is 0.0135. The normalized spacial score (nSPS) is 21.1. The summed E-state index contributed by atoms with van der Waals surface area (Å²) in [4.78, 5) is 40.4. The number of nitrogens with zero attached hydrogens (tertiary/aromatic N) is 3. The summed E-state index contributed by atoms with van der Waals surface area (Å²) in [6, 6.07) is 10.1. The lowest BCUT2D eigenvalue weighted by Crippen LogP contribution is -2.32. The topological polar surface area (TPSA) is 113 Å². The molecular formula is C25H27N3O6. The number of carbonyl (C=O) groups is 2. The van der Waals surface area contributed by atoms with Crippen LogP contribution >= 0.6 is 0 Å². The maximum atomic E-state index is 13.1. The summed E-state index contributed by atoms with van der Waals surface area (Å²) in [5, 5.41) is 22.6. The molecule has 2 aliphatic rings. The molecule has 0 radical (unpaired) electrons. The van der Waals surface area contributed by atoms with E-state index in [2.05, 4.69) is 0 Å². The summed E-state index contributed by atoms with van der Waals surface area (Å²) in [7, 11) is 3.81. The first kappa shape index (κ1) is 23.4. The molecule has 0 aliphatic carbocycles. The molecule has 0 unspecified atom stereocenters. The van der Waals surface area contributed by atoms with Crippen molar-refractivity contribution in [3.63, 3.8) is 0 Å². The number of ketones is 1. The van der Waals surface area contributed by atoms with Gasteiger partial charge in [-0.2, -0.15) is 0 Å². The molecule has 9 nitrogen and oxygen atoms in total. The molecule has 0 bridgehead atoms. The van der Waals surface area contributed by atoms with E-state index in [0.717, 1.165) is 11.3 Å². The summed E-state index contributed by atoms with van der Waals surface area (Å²) in [6.07, 6.45) is 1.28. The van der Waals surface area contributed by atoms with Gasteiger partial charge in [-0.1, -0.05) is 12.1 Å². The highest BCUT2D eigenvalue weighted by molar-refractivity contribution is 6.46. The number of aliphatic hydroxyl groups is 1. The van der Waals surface area contributed by atoms with Crippen LogP contribution in [0.15, 0.2) is 48.0 Å². The van der Waals surface area contributed by atoms with Crippen molar-refractivity contribution >= 4 is 23.1 Å². The maximum absolute atomic E-state index is 13.1. The fourth-order valence-corrected chi connectivity index (χ4v) is 4.55. The quantitative estimate of drug-likeness (QED) is 0.219. The molecule has 2 aliphatic heterocycles. The molecule has 1 fully saturated rings. The SMILES string of the molecule is C[C@@H]1Cc2cc(C(O)=C3C(=O)C(=O)N(CCCN(C)C)[C@@H]3c3cccc([N+](=O)[O-])c3)ccc2O1. The van der Waals surface area contributed by atoms with Gasteiger partial charge in [-0.25, -0.2) is 0 Å². The number of carbonyl (C=O) groups excluding carboxylic acids is 2. The van der Waals surface area contributed by atoms with Crippen LogP contribution in [0.4, 0.5) is 5.69 Å². The van der Waals surface area contributed by atoms with E-state index in [-0.39, 0.29) is 29.7 Å². The van der Waals surface area contributed by atoms with Crippen LogP contribution < -0.4 is 4.74 Å². The molecule has 34 heavy (non-hydrogen) atoms. The Morgan fingerprint density at radius 2 is 2.00 bits per heavy atom. The highest BCUT2D eigenvalue weighted by Crippen LogP contribution is 2.41. The Bertz CT molecular complexity index is 1190. The van der Waals surface area contributed by atoms with E-state index in [4.69, 9.17) is 4.74 Å². The number of amides is 1. The third-order valence-corrected chi connectivity index (χ3v) is 6.11. The van der Waals surface area contributed by atoms with Crippen molar-refractivity contribution in [1.82, 2.24) is 9.80 Å². The number of benzene rings is 2. The van der Waals surface area contributed by atoms with Gasteiger partial charge in [-0.15, -0.1) is 0 Å². The molecule has 2 aromatic rings. The molecule has 1 amide bonds. The zero-order chi connectivity index (χ0) is 24.6. The number of aliphatic hydroxyl groups excluding tert-OH is 1. The van der Waals surface area contributed by atoms with Crippen molar-refractivity contribution in [3.8, 4) is 5.75 Å². The maximum Gasteiger partial charge on any atom is 0.295 e. The minimum atomic E-state index is -0.925. The van der Waals surface area contributed by atoms with E-state index in [0.29, 0.717) is 30.5 Å². The van der Waals surface area contributed by atoms with Gasteiger partial charge in [-0.05, 0) is 63.3 Å². The third-order valence-electron chi connectivity index (χ3n) is 6.11. The monoisotopic (exact) mass is 465 g/mol. The van der Waals surface area contributed by atoms with Crippen LogP contribution in [0.5, 0.6) is 5.75 Å². The summed E-state index contributed by atoms with van der Waals surface area (Å²) in [5.74, 6) is -1.10. The Morgan fingerprint density at radius 1 is 1.24 bits per heavy atom. The Balaban J connectivity index is 1.81. The van der Waals surface area contributed by atoms with Gasteiger partial charge in [0.1, 0.15) is 17.6 Å². The molecule has 0 saturated carbocycles. The number of fused-ring (bicyclic) bond motifs is 1. The van der Waals surface area contributed by atoms with Gasteiger partial charge in [0.15, 0.2) is 0 Å². The van der Waals surface area contributed by atoms with E-state index in [1.165, 1.54) is 23.1 Å². The second-order valence-corrected chi connectivity index (χ2v) is 8.96. The van der Waals surface area contributed by atoms with Crippen molar-refractivity contribution < 1.29 is 24.4 Å². The smallest absolute Gasteiger partial charge is 0.295 e. The number of hydrogen-bond donors (Lipinski definition) is 1. The van der Waals surface area contributed by atoms with E-state index in [9.17, 15) is 24.8 Å². The van der Waals surface area contributed by atoms with Gasteiger partial charge >= 0.3 is 0 Å². The molecule has 178 valence electrons. The number of non-ortho nitro benzene ring substituents is 1. The molecule has 1 saturated heterocycles. The van der Waals surface area contributed by atoms with E-state index in [1.54, 1.807) is 24.3 Å². The fourth-order valence-electron chi connectivity index (χ4n) is 4.55. The number of nitro benzene ring substituents is 1. The molecule has 1 N–H and O–H groups in total. The molecule has 9 heteroatoms. The third kappa shape index (κ3) is 4.38. The average molecular weight is 466 g/mol. The zero-order valence-corrected chi connectivity index (χ0v) is 19.4. The highest BCUT2D eigenvalue weighted by Gasteiger charge is 2.46. The molecule has 2 atom stereocenters. The highest BCUT2D eigenvalue weighted by atomic mass is 16.6. The molecule has 0 aromatic heterocycles. The second-order valence-electron chi connectivity index (χ2n) is 8.96. The molecule has 0 spiro atoms. The molecule has 4 rings (SSSR count). The molecular weight excluding hydrogens is 438 g/mol. The van der Waals surface area contributed by atoms with Crippen LogP contribution in [0.2, 0.25) is 0 Å². The second kappa shape index (κ2) is 9.26. The van der Waals surface area contributed by atoms with E-state index in [1.807, 2.05) is 25.9 Å². The Morgan fingerprint density at radius 3 is 2.71 bits per heavy atom. The van der Waals surface area contributed by atoms with E-state index >= 15 is 0 Å². The van der Waals surface area contributed by atoms with Crippen LogP contribution in [0.25, 0.3) is 5.76 Å². The standard InChI is InChI=1S/C25H27N3O6/c1-15-12-18-13-17(8-9-20(18)34-15)23(29)21-22(16-6-4-7-19(14-16)28(32)33)27(25(31)24(21)30)11-5-10-26(2)3/h4,6-9,13-15,22,29H,5,10-12H2,1-3H3/t15-,22-/m1/s1. The number of likely N-dealkylation sites (tertiary alicyclic amines) is 1. The fraction of sp³-hybridized carbons (Fsp3) is 0.360. The predicted molar refractivity (Wildman–Crippen MR) is 126 cm³/mol. The first-order valence-corrected chi connectivity index (χ1v) is 11.1. The minimum Gasteiger partial charge on any atom is -0.507 e. The van der Waals surface area contributed by atoms with Crippen molar-refractivity contribution in [3.05, 3.63) is 74.8 Å². The van der Waals surface area contributed by atoms with Crippen LogP contribution in [-0.4, -0.2) is 64.8 Å². The number of hydrogen-bond acceptors (Lipinski definition) is 7. The zero-order valence-electron chi connectivity index (χ0n) is 19.4. The first-order chi connectivity index (χ1) is 16.2. The van der Waals surface area contributed by atoms with Gasteiger partial charge < -0.3 is 19.6 Å². The van der Waals surface area contributed by atoms with Crippen molar-refractivity contribution in [2.24, 2.45) is 0 Å². The van der Waals surface area contributed by atoms with Crippen molar-refractivity contribution in [2.75, 3.05) is 27.2 Å². The van der Waals surface area contributed by atoms with Gasteiger partial charge in [0.25, 0.3) is 17.4 Å². The number of nitro groups is 1. The van der Waals surface area contributed by atoms with Gasteiger partial charge in [0.05, 0.1) is 16.5 Å². The van der Waals surface area contributed by atoms with Crippen LogP contribution in [0.1, 0.15) is 36.1 Å². The summed E-state index contributed by atoms with van der Waals surface area (Å²) < 4.78 is 5.72. The lowest BCUT2D eigenvalue weighted by molar-refractivity contribution is -0.384. The van der Waals surface area contributed by atoms with Crippen LogP contribution in [0.3, 0.4) is 0 Å². The van der Waals surface area contributed by atoms with Crippen LogP contribution in [0, 0.1) is 10.1 Å². The lowest BCUT2D eigenvalue weighted by Gasteiger charge is -2.25. The molecule has 2 aromatic carbocycles. The summed E-state index contributed by atoms with van der Waals surface area (Å²) in [5.41, 5.74) is 1.49. The Hall–Kier alpha value is -3.72. The number of Topliss-reactive ketones (excluding diaryl/α,β-unsaturated/α-hetero) is 1. The number of ether oxygens (including phenoxy) is 1. The number of rotatable bonds is 7. The van der Waals surface area contributed by atoms with Crippen LogP contribution in [-0.2, 0) is 16.0 Å².